The molecular formula is C22H30OSi. The lowest BCUT2D eigenvalue weighted by Crippen LogP contribution is -2.41. The molecule has 0 unspecified atom stereocenters. The minimum absolute atomic E-state index is 0.268. The van der Waals surface area contributed by atoms with Crippen molar-refractivity contribution in [2.45, 2.75) is 45.3 Å². The van der Waals surface area contributed by atoms with Crippen molar-refractivity contribution in [3.05, 3.63) is 77.9 Å². The zero-order chi connectivity index (χ0) is 17.8. The van der Waals surface area contributed by atoms with Gasteiger partial charge in [-0.15, -0.1) is 0 Å². The van der Waals surface area contributed by atoms with Gasteiger partial charge in [-0.2, -0.15) is 0 Å². The Morgan fingerprint density at radius 3 is 2.00 bits per heavy atom. The van der Waals surface area contributed by atoms with Crippen LogP contribution in [0.3, 0.4) is 0 Å². The van der Waals surface area contributed by atoms with Crippen molar-refractivity contribution in [2.75, 3.05) is 6.61 Å². The molecule has 0 heterocycles. The van der Waals surface area contributed by atoms with Gasteiger partial charge in [-0.05, 0) is 46.8 Å². The standard InChI is InChI=1S/C22H30OSi/c1-18(20-10-8-7-9-11-20)21-14-12-19(13-15-21)16-17-23-24(5,6)22(2,3)4/h7-15H,1,16-17H2,2-6H3. The van der Waals surface area contributed by atoms with Crippen molar-refractivity contribution in [3.8, 4) is 0 Å². The highest BCUT2D eigenvalue weighted by molar-refractivity contribution is 6.74. The number of rotatable bonds is 6. The summed E-state index contributed by atoms with van der Waals surface area (Å²) < 4.78 is 6.27. The molecule has 0 aliphatic heterocycles. The summed E-state index contributed by atoms with van der Waals surface area (Å²) in [5.41, 5.74) is 4.74. The Balaban J connectivity index is 1.95. The first-order chi connectivity index (χ1) is 11.2. The van der Waals surface area contributed by atoms with E-state index in [1.807, 2.05) is 18.2 Å². The average molecular weight is 339 g/mol. The van der Waals surface area contributed by atoms with E-state index in [1.165, 1.54) is 16.7 Å². The van der Waals surface area contributed by atoms with Gasteiger partial charge in [-0.3, -0.25) is 0 Å². The van der Waals surface area contributed by atoms with Gasteiger partial charge in [-0.1, -0.05) is 81.9 Å². The summed E-state index contributed by atoms with van der Waals surface area (Å²) in [4.78, 5) is 0. The molecule has 0 bridgehead atoms. The van der Waals surface area contributed by atoms with Crippen LogP contribution in [0, 0.1) is 0 Å². The highest BCUT2D eigenvalue weighted by atomic mass is 28.4. The molecule has 1 nitrogen and oxygen atoms in total. The molecule has 0 fully saturated rings. The summed E-state index contributed by atoms with van der Waals surface area (Å²) in [6, 6.07) is 19.0. The SMILES string of the molecule is C=C(c1ccccc1)c1ccc(CCO[Si](C)(C)C(C)(C)C)cc1. The number of benzene rings is 2. The Hall–Kier alpha value is -1.64. The fourth-order valence-electron chi connectivity index (χ4n) is 2.32. The summed E-state index contributed by atoms with van der Waals surface area (Å²) in [5.74, 6) is 0. The summed E-state index contributed by atoms with van der Waals surface area (Å²) in [5, 5.41) is 0.268. The molecule has 0 amide bonds. The molecule has 24 heavy (non-hydrogen) atoms. The molecule has 0 N–H and O–H groups in total. The Kier molecular flexibility index (Phi) is 5.84. The first-order valence-corrected chi connectivity index (χ1v) is 11.6. The molecule has 2 aromatic carbocycles. The Labute approximate surface area is 148 Å². The smallest absolute Gasteiger partial charge is 0.191 e. The van der Waals surface area contributed by atoms with Crippen LogP contribution in [0.2, 0.25) is 18.1 Å². The summed E-state index contributed by atoms with van der Waals surface area (Å²) in [6.45, 7) is 16.5. The van der Waals surface area contributed by atoms with E-state index in [0.29, 0.717) is 0 Å². The molecule has 0 aliphatic rings. The fourth-order valence-corrected chi connectivity index (χ4v) is 3.36. The van der Waals surface area contributed by atoms with Crippen LogP contribution >= 0.6 is 0 Å². The molecule has 0 aliphatic carbocycles. The van der Waals surface area contributed by atoms with E-state index in [2.05, 4.69) is 76.8 Å². The predicted octanol–water partition coefficient (Wildman–Crippen LogP) is 6.31. The summed E-state index contributed by atoms with van der Waals surface area (Å²) in [6.07, 6.45) is 0.963. The van der Waals surface area contributed by atoms with Gasteiger partial charge in [0, 0.05) is 6.61 Å². The van der Waals surface area contributed by atoms with Crippen molar-refractivity contribution >= 4 is 13.9 Å². The van der Waals surface area contributed by atoms with E-state index in [1.54, 1.807) is 0 Å². The topological polar surface area (TPSA) is 9.23 Å². The maximum absolute atomic E-state index is 6.27. The van der Waals surface area contributed by atoms with Gasteiger partial charge in [0.1, 0.15) is 0 Å². The normalized spacial score (nSPS) is 12.2. The molecule has 0 aromatic heterocycles. The van der Waals surface area contributed by atoms with Crippen LogP contribution in [0.25, 0.3) is 5.57 Å². The summed E-state index contributed by atoms with van der Waals surface area (Å²) >= 11 is 0. The number of hydrogen-bond acceptors (Lipinski definition) is 1. The van der Waals surface area contributed by atoms with E-state index >= 15 is 0 Å². The minimum atomic E-state index is -1.65. The van der Waals surface area contributed by atoms with E-state index in [4.69, 9.17) is 4.43 Å². The van der Waals surface area contributed by atoms with E-state index in [-0.39, 0.29) is 5.04 Å². The average Bonchev–Trinajstić information content (AvgIpc) is 2.54. The third kappa shape index (κ3) is 4.68. The molecule has 0 spiro atoms. The van der Waals surface area contributed by atoms with Gasteiger partial charge in [0.25, 0.3) is 0 Å². The Morgan fingerprint density at radius 1 is 0.917 bits per heavy atom. The predicted molar refractivity (Wildman–Crippen MR) is 108 cm³/mol. The van der Waals surface area contributed by atoms with Crippen LogP contribution < -0.4 is 0 Å². The summed E-state index contributed by atoms with van der Waals surface area (Å²) in [7, 11) is -1.65. The van der Waals surface area contributed by atoms with Crippen LogP contribution in [0.1, 0.15) is 37.5 Å². The number of hydrogen-bond donors (Lipinski definition) is 0. The van der Waals surface area contributed by atoms with Gasteiger partial charge in [0.05, 0.1) is 0 Å². The third-order valence-corrected chi connectivity index (χ3v) is 9.62. The van der Waals surface area contributed by atoms with Gasteiger partial charge in [0.15, 0.2) is 8.32 Å². The van der Waals surface area contributed by atoms with Gasteiger partial charge >= 0.3 is 0 Å². The lowest BCUT2D eigenvalue weighted by Gasteiger charge is -2.36. The van der Waals surface area contributed by atoms with Gasteiger partial charge in [-0.25, -0.2) is 0 Å². The van der Waals surface area contributed by atoms with Crippen LogP contribution in [0.4, 0.5) is 0 Å². The third-order valence-electron chi connectivity index (χ3n) is 5.08. The molecular weight excluding hydrogens is 308 g/mol. The van der Waals surface area contributed by atoms with Crippen LogP contribution in [0.15, 0.2) is 61.2 Å². The second-order valence-corrected chi connectivity index (χ2v) is 12.7. The minimum Gasteiger partial charge on any atom is -0.416 e. The van der Waals surface area contributed by atoms with Gasteiger partial charge < -0.3 is 4.43 Å². The van der Waals surface area contributed by atoms with Crippen LogP contribution in [-0.4, -0.2) is 14.9 Å². The second kappa shape index (κ2) is 7.50. The molecule has 0 atom stereocenters. The maximum atomic E-state index is 6.27. The molecule has 2 aromatic rings. The molecule has 2 heteroatoms. The highest BCUT2D eigenvalue weighted by Crippen LogP contribution is 2.36. The second-order valence-electron chi connectivity index (χ2n) is 7.90. The van der Waals surface area contributed by atoms with Crippen molar-refractivity contribution in [1.29, 1.82) is 0 Å². The lowest BCUT2D eigenvalue weighted by molar-refractivity contribution is 0.292. The van der Waals surface area contributed by atoms with E-state index in [9.17, 15) is 0 Å². The van der Waals surface area contributed by atoms with Crippen molar-refractivity contribution < 1.29 is 4.43 Å². The van der Waals surface area contributed by atoms with Crippen molar-refractivity contribution in [1.82, 2.24) is 0 Å². The molecule has 0 saturated heterocycles. The first kappa shape index (κ1) is 18.7. The fraction of sp³-hybridized carbons (Fsp3) is 0.364. The molecule has 128 valence electrons. The molecule has 0 saturated carbocycles. The van der Waals surface area contributed by atoms with Crippen molar-refractivity contribution in [2.24, 2.45) is 0 Å². The maximum Gasteiger partial charge on any atom is 0.191 e. The zero-order valence-electron chi connectivity index (χ0n) is 15.7. The van der Waals surface area contributed by atoms with E-state index in [0.717, 1.165) is 18.6 Å². The van der Waals surface area contributed by atoms with E-state index < -0.39 is 8.32 Å². The largest absolute Gasteiger partial charge is 0.416 e. The van der Waals surface area contributed by atoms with Gasteiger partial charge in [0.2, 0.25) is 0 Å². The van der Waals surface area contributed by atoms with Crippen LogP contribution in [0.5, 0.6) is 0 Å². The first-order valence-electron chi connectivity index (χ1n) is 8.68. The Morgan fingerprint density at radius 2 is 1.46 bits per heavy atom. The molecule has 0 radical (unpaired) electrons. The van der Waals surface area contributed by atoms with Crippen molar-refractivity contribution in [3.63, 3.8) is 0 Å². The zero-order valence-corrected chi connectivity index (χ0v) is 16.7. The lowest BCUT2D eigenvalue weighted by atomic mass is 9.98. The van der Waals surface area contributed by atoms with Crippen LogP contribution in [-0.2, 0) is 10.8 Å². The monoisotopic (exact) mass is 338 g/mol. The Bertz CT molecular complexity index is 663. The highest BCUT2D eigenvalue weighted by Gasteiger charge is 2.36. The molecule has 2 rings (SSSR count). The quantitative estimate of drug-likeness (QED) is 0.561.